The van der Waals surface area contributed by atoms with E-state index in [9.17, 15) is 4.79 Å². The molecule has 0 radical (unpaired) electrons. The fourth-order valence-electron chi connectivity index (χ4n) is 2.88. The van der Waals surface area contributed by atoms with E-state index < -0.39 is 0 Å². The molecule has 1 aliphatic carbocycles. The lowest BCUT2D eigenvalue weighted by atomic mass is 9.92. The van der Waals surface area contributed by atoms with Gasteiger partial charge in [-0.2, -0.15) is 15.1 Å². The lowest BCUT2D eigenvalue weighted by Crippen LogP contribution is -2.17. The van der Waals surface area contributed by atoms with Gasteiger partial charge in [-0.15, -0.1) is 0 Å². The predicted octanol–water partition coefficient (Wildman–Crippen LogP) is 5.26. The predicted molar refractivity (Wildman–Crippen MR) is 126 cm³/mol. The minimum absolute atomic E-state index is 0.000598. The molecule has 3 N–H and O–H groups in total. The van der Waals surface area contributed by atoms with Crippen LogP contribution in [-0.2, 0) is 10.2 Å². The number of nitrogens with one attached hydrogen (secondary N) is 3. The molecule has 2 heterocycles. The number of benzene rings is 1. The Bertz CT molecular complexity index is 1100. The van der Waals surface area contributed by atoms with Gasteiger partial charge in [0.2, 0.25) is 11.9 Å². The number of hydrogen-bond donors (Lipinski definition) is 3. The summed E-state index contributed by atoms with van der Waals surface area (Å²) in [5, 5.41) is 14.2. The number of rotatable bonds is 7. The van der Waals surface area contributed by atoms with Crippen molar-refractivity contribution in [2.75, 3.05) is 10.6 Å². The van der Waals surface area contributed by atoms with Crippen LogP contribution in [0.4, 0.5) is 17.5 Å². The Morgan fingerprint density at radius 3 is 2.44 bits per heavy atom. The first-order valence-electron chi connectivity index (χ1n) is 10.8. The van der Waals surface area contributed by atoms with Gasteiger partial charge in [0.05, 0.1) is 0 Å². The van der Waals surface area contributed by atoms with Crippen LogP contribution in [0, 0.1) is 5.92 Å². The van der Waals surface area contributed by atoms with E-state index in [-0.39, 0.29) is 17.2 Å². The summed E-state index contributed by atoms with van der Waals surface area (Å²) in [6.45, 7) is 10.1. The van der Waals surface area contributed by atoms with Gasteiger partial charge in [-0.05, 0) is 48.9 Å². The lowest BCUT2D eigenvalue weighted by molar-refractivity contribution is -0.118. The summed E-state index contributed by atoms with van der Waals surface area (Å²) in [6.07, 6.45) is 2.21. The highest BCUT2D eigenvalue weighted by molar-refractivity contribution is 7.99. The Balaban J connectivity index is 1.51. The highest BCUT2D eigenvalue weighted by Crippen LogP contribution is 2.39. The fourth-order valence-corrected chi connectivity index (χ4v) is 3.63. The van der Waals surface area contributed by atoms with Crippen LogP contribution in [0.15, 0.2) is 40.4 Å². The van der Waals surface area contributed by atoms with Crippen LogP contribution in [0.1, 0.15) is 64.9 Å². The minimum Gasteiger partial charge on any atom is -0.326 e. The standard InChI is InChI=1S/C23H29N7OS/c1-13(2)20(31)24-15-8-10-16(11-9-15)32-22-27-19(14-6-7-14)26-21(28-22)25-18-12-17(29-30-18)23(3,4)5/h8-14H,6-7H2,1-5H3,(H,24,31)(H2,25,26,27,28,29,30). The third-order valence-electron chi connectivity index (χ3n) is 5.06. The topological polar surface area (TPSA) is 108 Å². The van der Waals surface area contributed by atoms with E-state index in [0.29, 0.717) is 22.8 Å². The molecule has 0 saturated heterocycles. The molecule has 1 amide bonds. The SMILES string of the molecule is CC(C)C(=O)Nc1ccc(Sc2nc(Nc3cc(C(C)(C)C)[nH]n3)nc(C3CC3)n2)cc1. The minimum atomic E-state index is -0.0602. The van der Waals surface area contributed by atoms with Gasteiger partial charge in [-0.1, -0.05) is 34.6 Å². The first-order valence-corrected chi connectivity index (χ1v) is 11.7. The Hall–Kier alpha value is -2.94. The van der Waals surface area contributed by atoms with E-state index in [1.54, 1.807) is 0 Å². The van der Waals surface area contributed by atoms with Crippen molar-refractivity contribution < 1.29 is 4.79 Å². The summed E-state index contributed by atoms with van der Waals surface area (Å²) in [5.74, 6) is 2.34. The lowest BCUT2D eigenvalue weighted by Gasteiger charge is -2.14. The molecule has 1 aromatic carbocycles. The van der Waals surface area contributed by atoms with Crippen molar-refractivity contribution in [2.24, 2.45) is 5.92 Å². The second-order valence-corrected chi connectivity index (χ2v) is 10.4. The summed E-state index contributed by atoms with van der Waals surface area (Å²) < 4.78 is 0. The van der Waals surface area contributed by atoms with Crippen LogP contribution in [-0.4, -0.2) is 31.1 Å². The molecule has 32 heavy (non-hydrogen) atoms. The normalized spacial score (nSPS) is 13.9. The van der Waals surface area contributed by atoms with E-state index >= 15 is 0 Å². The summed E-state index contributed by atoms with van der Waals surface area (Å²) in [4.78, 5) is 26.8. The van der Waals surface area contributed by atoms with Crippen LogP contribution in [0.5, 0.6) is 0 Å². The van der Waals surface area contributed by atoms with Gasteiger partial charge in [-0.25, -0.2) is 4.98 Å². The molecule has 0 atom stereocenters. The monoisotopic (exact) mass is 451 g/mol. The molecule has 2 aromatic heterocycles. The molecule has 1 saturated carbocycles. The maximum atomic E-state index is 11.9. The van der Waals surface area contributed by atoms with E-state index in [4.69, 9.17) is 0 Å². The molecule has 168 valence electrons. The molecule has 1 fully saturated rings. The molecule has 0 aliphatic heterocycles. The molecule has 1 aliphatic rings. The van der Waals surface area contributed by atoms with E-state index in [1.165, 1.54) is 11.8 Å². The van der Waals surface area contributed by atoms with Gasteiger partial charge in [-0.3, -0.25) is 9.89 Å². The molecular weight excluding hydrogens is 422 g/mol. The van der Waals surface area contributed by atoms with E-state index in [2.05, 4.69) is 56.6 Å². The first-order chi connectivity index (χ1) is 15.2. The summed E-state index contributed by atoms with van der Waals surface area (Å²) in [6, 6.07) is 9.68. The second-order valence-electron chi connectivity index (χ2n) is 9.39. The van der Waals surface area contributed by atoms with Crippen LogP contribution < -0.4 is 10.6 Å². The average Bonchev–Trinajstić information content (AvgIpc) is 3.47. The number of carbonyl (C=O) groups is 1. The van der Waals surface area contributed by atoms with Gasteiger partial charge in [0.15, 0.2) is 11.0 Å². The number of amides is 1. The van der Waals surface area contributed by atoms with Crippen molar-refractivity contribution in [2.45, 2.75) is 68.8 Å². The molecule has 0 unspecified atom stereocenters. The number of aromatic nitrogens is 5. The molecule has 0 spiro atoms. The van der Waals surface area contributed by atoms with Crippen LogP contribution in [0.3, 0.4) is 0 Å². The van der Waals surface area contributed by atoms with Crippen LogP contribution in [0.25, 0.3) is 0 Å². The maximum absolute atomic E-state index is 11.9. The average molecular weight is 452 g/mol. The Morgan fingerprint density at radius 2 is 1.84 bits per heavy atom. The van der Waals surface area contributed by atoms with Gasteiger partial charge in [0.1, 0.15) is 5.82 Å². The van der Waals surface area contributed by atoms with Gasteiger partial charge in [0.25, 0.3) is 0 Å². The number of anilines is 3. The van der Waals surface area contributed by atoms with Crippen LogP contribution >= 0.6 is 11.8 Å². The molecule has 9 heteroatoms. The van der Waals surface area contributed by atoms with Crippen molar-refractivity contribution in [1.82, 2.24) is 25.1 Å². The van der Waals surface area contributed by atoms with Crippen molar-refractivity contribution in [3.63, 3.8) is 0 Å². The Kier molecular flexibility index (Phi) is 6.19. The van der Waals surface area contributed by atoms with E-state index in [0.717, 1.165) is 34.9 Å². The summed E-state index contributed by atoms with van der Waals surface area (Å²) in [5.41, 5.74) is 1.79. The fraction of sp³-hybridized carbons (Fsp3) is 0.435. The molecule has 8 nitrogen and oxygen atoms in total. The smallest absolute Gasteiger partial charge is 0.232 e. The van der Waals surface area contributed by atoms with E-state index in [1.807, 2.05) is 44.2 Å². The Morgan fingerprint density at radius 1 is 1.12 bits per heavy atom. The highest BCUT2D eigenvalue weighted by Gasteiger charge is 2.28. The van der Waals surface area contributed by atoms with Gasteiger partial charge in [0, 0.05) is 39.6 Å². The maximum Gasteiger partial charge on any atom is 0.232 e. The number of H-pyrrole nitrogens is 1. The number of carbonyl (C=O) groups excluding carboxylic acids is 1. The number of nitrogens with zero attached hydrogens (tertiary/aromatic N) is 4. The highest BCUT2D eigenvalue weighted by atomic mass is 32.2. The van der Waals surface area contributed by atoms with Crippen molar-refractivity contribution in [3.8, 4) is 0 Å². The molecule has 3 aromatic rings. The van der Waals surface area contributed by atoms with Crippen LogP contribution in [0.2, 0.25) is 0 Å². The third kappa shape index (κ3) is 5.64. The zero-order chi connectivity index (χ0) is 22.9. The van der Waals surface area contributed by atoms with Gasteiger partial charge >= 0.3 is 0 Å². The number of aromatic amines is 1. The van der Waals surface area contributed by atoms with Crippen molar-refractivity contribution >= 4 is 35.1 Å². The van der Waals surface area contributed by atoms with Gasteiger partial charge < -0.3 is 10.6 Å². The second kappa shape index (κ2) is 8.90. The third-order valence-corrected chi connectivity index (χ3v) is 5.93. The number of hydrogen-bond acceptors (Lipinski definition) is 7. The Labute approximate surface area is 192 Å². The molecule has 4 rings (SSSR count). The largest absolute Gasteiger partial charge is 0.326 e. The zero-order valence-electron chi connectivity index (χ0n) is 19.1. The van der Waals surface area contributed by atoms with Crippen molar-refractivity contribution in [3.05, 3.63) is 41.9 Å². The summed E-state index contributed by atoms with van der Waals surface area (Å²) >= 11 is 1.47. The molecular formula is C23H29N7OS. The quantitative estimate of drug-likeness (QED) is 0.450. The van der Waals surface area contributed by atoms with Crippen molar-refractivity contribution in [1.29, 1.82) is 0 Å². The summed E-state index contributed by atoms with van der Waals surface area (Å²) in [7, 11) is 0. The first kappa shape index (κ1) is 22.3. The molecule has 0 bridgehead atoms. The zero-order valence-corrected chi connectivity index (χ0v) is 19.9.